The van der Waals surface area contributed by atoms with Gasteiger partial charge in [-0.05, 0) is 101 Å². The average Bonchev–Trinajstić information content (AvgIpc) is 3.23. The minimum atomic E-state index is -3.12. The molecule has 5 aliphatic rings. The van der Waals surface area contributed by atoms with E-state index in [0.717, 1.165) is 31.9 Å². The molecule has 2 unspecified atom stereocenters. The summed E-state index contributed by atoms with van der Waals surface area (Å²) in [6.45, 7) is 1.18. The third-order valence-electron chi connectivity index (χ3n) is 12.3. The van der Waals surface area contributed by atoms with Crippen LogP contribution in [0.25, 0.3) is 11.3 Å². The quantitative estimate of drug-likeness (QED) is 0.152. The zero-order valence-corrected chi connectivity index (χ0v) is 33.1. The molecular formula is C42H49F4N9O5. The van der Waals surface area contributed by atoms with Crippen LogP contribution in [-0.2, 0) is 19.1 Å². The molecule has 18 heteroatoms. The van der Waals surface area contributed by atoms with Gasteiger partial charge in [-0.25, -0.2) is 32.3 Å². The van der Waals surface area contributed by atoms with Crippen LogP contribution in [0, 0.1) is 17.6 Å². The Morgan fingerprint density at radius 3 is 2.38 bits per heavy atom. The van der Waals surface area contributed by atoms with Gasteiger partial charge in [0.1, 0.15) is 17.6 Å². The summed E-state index contributed by atoms with van der Waals surface area (Å²) in [6.07, 6.45) is 5.77. The maximum atomic E-state index is 15.7. The Morgan fingerprint density at radius 1 is 0.867 bits per heavy atom. The van der Waals surface area contributed by atoms with Gasteiger partial charge in [-0.15, -0.1) is 0 Å². The molecule has 2 atom stereocenters. The number of carbonyl (C=O) groups is 4. The molecule has 4 N–H and O–H groups in total. The van der Waals surface area contributed by atoms with Crippen LogP contribution < -0.4 is 31.1 Å². The van der Waals surface area contributed by atoms with Crippen molar-refractivity contribution in [2.45, 2.75) is 94.3 Å². The second-order valence-electron chi connectivity index (χ2n) is 16.4. The predicted octanol–water partition coefficient (Wildman–Crippen LogP) is 5.45. The number of alkyl halides is 2. The molecule has 0 radical (unpaired) electrons. The summed E-state index contributed by atoms with van der Waals surface area (Å²) in [4.78, 5) is 62.4. The van der Waals surface area contributed by atoms with Gasteiger partial charge in [0.25, 0.3) is 5.92 Å². The number of hydrogen-bond acceptors (Lipinski definition) is 11. The van der Waals surface area contributed by atoms with Gasteiger partial charge >= 0.3 is 6.09 Å². The number of rotatable bonds is 10. The molecule has 4 amide bonds. The molecule has 8 rings (SSSR count). The van der Waals surface area contributed by atoms with E-state index in [-0.39, 0.29) is 73.0 Å². The Kier molecular flexibility index (Phi) is 12.1. The minimum Gasteiger partial charge on any atom is -0.449 e. The van der Waals surface area contributed by atoms with Gasteiger partial charge in [0.05, 0.1) is 31.1 Å². The first-order chi connectivity index (χ1) is 28.9. The summed E-state index contributed by atoms with van der Waals surface area (Å²) in [5.41, 5.74) is 1.59. The van der Waals surface area contributed by atoms with E-state index in [9.17, 15) is 23.6 Å². The van der Waals surface area contributed by atoms with Crippen LogP contribution in [0.15, 0.2) is 48.7 Å². The molecule has 1 aliphatic carbocycles. The minimum absolute atomic E-state index is 0.0140. The topological polar surface area (TPSA) is 161 Å². The number of benzene rings is 2. The number of halogens is 4. The monoisotopic (exact) mass is 835 g/mol. The number of aromatic nitrogens is 2. The highest BCUT2D eigenvalue weighted by atomic mass is 19.3. The van der Waals surface area contributed by atoms with Crippen LogP contribution in [0.5, 0.6) is 0 Å². The Labute approximate surface area is 344 Å². The number of amides is 4. The van der Waals surface area contributed by atoms with Crippen molar-refractivity contribution >= 4 is 46.8 Å². The molecule has 0 bridgehead atoms. The molecule has 3 aromatic rings. The van der Waals surface area contributed by atoms with E-state index in [0.29, 0.717) is 62.4 Å². The van der Waals surface area contributed by atoms with Crippen LogP contribution in [0.4, 0.5) is 45.4 Å². The Morgan fingerprint density at radius 2 is 1.65 bits per heavy atom. The van der Waals surface area contributed by atoms with E-state index in [1.54, 1.807) is 35.2 Å². The maximum Gasteiger partial charge on any atom is 0.414 e. The lowest BCUT2D eigenvalue weighted by atomic mass is 9.89. The van der Waals surface area contributed by atoms with E-state index >= 15 is 13.2 Å². The number of hydrogen-bond donors (Lipinski definition) is 4. The molecule has 4 saturated heterocycles. The van der Waals surface area contributed by atoms with Crippen LogP contribution in [0.3, 0.4) is 0 Å². The smallest absolute Gasteiger partial charge is 0.414 e. The van der Waals surface area contributed by atoms with E-state index in [1.807, 2.05) is 0 Å². The van der Waals surface area contributed by atoms with Gasteiger partial charge in [0.2, 0.25) is 23.7 Å². The molecule has 0 spiro atoms. The molecule has 60 heavy (non-hydrogen) atoms. The highest BCUT2D eigenvalue weighted by Crippen LogP contribution is 2.37. The number of ether oxygens (including phenoxy) is 1. The highest BCUT2D eigenvalue weighted by Gasteiger charge is 2.49. The zero-order valence-electron chi connectivity index (χ0n) is 33.1. The van der Waals surface area contributed by atoms with E-state index in [1.165, 1.54) is 21.9 Å². The van der Waals surface area contributed by atoms with Crippen LogP contribution in [0.1, 0.15) is 64.2 Å². The summed E-state index contributed by atoms with van der Waals surface area (Å²) in [5.74, 6) is -5.30. The van der Waals surface area contributed by atoms with Crippen molar-refractivity contribution in [2.24, 2.45) is 5.92 Å². The number of piperidine rings is 3. The lowest BCUT2D eigenvalue weighted by molar-refractivity contribution is -0.134. The second-order valence-corrected chi connectivity index (χ2v) is 16.4. The molecule has 1 saturated carbocycles. The summed E-state index contributed by atoms with van der Waals surface area (Å²) >= 11 is 0. The molecule has 14 nitrogen and oxygen atoms in total. The van der Waals surface area contributed by atoms with E-state index in [4.69, 9.17) is 4.74 Å². The number of carbonyl (C=O) groups excluding carboxylic acids is 4. The predicted molar refractivity (Wildman–Crippen MR) is 215 cm³/mol. The lowest BCUT2D eigenvalue weighted by Gasteiger charge is -2.46. The summed E-state index contributed by atoms with van der Waals surface area (Å²) in [7, 11) is 0. The number of nitrogens with one attached hydrogen (secondary N) is 4. The van der Waals surface area contributed by atoms with Crippen molar-refractivity contribution < 1.29 is 41.5 Å². The Bertz CT molecular complexity index is 2100. The van der Waals surface area contributed by atoms with Crippen molar-refractivity contribution in [1.82, 2.24) is 25.5 Å². The van der Waals surface area contributed by atoms with Gasteiger partial charge in [-0.3, -0.25) is 29.5 Å². The first kappa shape index (κ1) is 41.2. The highest BCUT2D eigenvalue weighted by molar-refractivity contribution is 6.01. The Balaban J connectivity index is 0.779. The van der Waals surface area contributed by atoms with Crippen LogP contribution in [-0.4, -0.2) is 108 Å². The average molecular weight is 836 g/mol. The molecule has 2 aromatic carbocycles. The van der Waals surface area contributed by atoms with Gasteiger partial charge in [0, 0.05) is 54.5 Å². The van der Waals surface area contributed by atoms with Crippen molar-refractivity contribution in [3.8, 4) is 11.3 Å². The van der Waals surface area contributed by atoms with Crippen molar-refractivity contribution in [1.29, 1.82) is 0 Å². The maximum absolute atomic E-state index is 15.7. The Hall–Kier alpha value is -5.52. The van der Waals surface area contributed by atoms with Crippen LogP contribution >= 0.6 is 0 Å². The summed E-state index contributed by atoms with van der Waals surface area (Å²) < 4.78 is 66.8. The molecule has 4 aliphatic heterocycles. The summed E-state index contributed by atoms with van der Waals surface area (Å²) in [5, 5.41) is 11.7. The van der Waals surface area contributed by atoms with Crippen molar-refractivity contribution in [2.75, 3.05) is 59.8 Å². The van der Waals surface area contributed by atoms with Crippen LogP contribution in [0.2, 0.25) is 0 Å². The molecular weight excluding hydrogens is 787 g/mol. The van der Waals surface area contributed by atoms with Gasteiger partial charge in [-0.1, -0.05) is 12.1 Å². The summed E-state index contributed by atoms with van der Waals surface area (Å²) in [6, 6.07) is 9.37. The zero-order chi connectivity index (χ0) is 42.0. The number of nitrogens with zero attached hydrogens (tertiary/aromatic N) is 5. The number of anilines is 4. The number of cyclic esters (lactones) is 1. The molecule has 320 valence electrons. The lowest BCUT2D eigenvalue weighted by Crippen LogP contribution is -2.60. The third-order valence-corrected chi connectivity index (χ3v) is 12.3. The molecule has 5 heterocycles. The third kappa shape index (κ3) is 9.27. The molecule has 5 fully saturated rings. The standard InChI is InChI=1S/C42H49F4N9O5/c43-31-22-29(48-33-10-12-36(56)51-39(33)58)9-11-34(31)54-19-15-35(42(45,46)24-54)53-17-13-25(14-18-53)38(57)49-27-5-7-28(8-6-27)50-40-47-23-32(44)37(52-40)26-3-1-4-30(21-26)55-16-2-20-60-41(55)59/h1,3-4,9,11,21-23,25,27-28,33,35,48H,2,5-8,10,12-20,24H2,(H,49,57)(H,47,50,52)(H,51,56,58)/t27-,28-,33?,35?. The van der Waals surface area contributed by atoms with Gasteiger partial charge in [0.15, 0.2) is 5.82 Å². The second kappa shape index (κ2) is 17.6. The largest absolute Gasteiger partial charge is 0.449 e. The van der Waals surface area contributed by atoms with Gasteiger partial charge < -0.3 is 25.6 Å². The fourth-order valence-electron chi connectivity index (χ4n) is 9.07. The SMILES string of the molecule is O=C1CCC(Nc2ccc(N3CCC(N4CCC(C(=O)N[C@H]5CC[C@H](Nc6ncc(F)c(-c7cccc(N8CCCOC8=O)c7)n6)CC5)CC4)C(F)(F)C3)c(F)c2)C(=O)N1. The normalized spacial score (nSPS) is 25.3. The number of likely N-dealkylation sites (tertiary alicyclic amines) is 1. The first-order valence-corrected chi connectivity index (χ1v) is 20.8. The van der Waals surface area contributed by atoms with Gasteiger partial charge in [-0.2, -0.15) is 0 Å². The fourth-order valence-corrected chi connectivity index (χ4v) is 9.07. The van der Waals surface area contributed by atoms with Crippen molar-refractivity contribution in [3.63, 3.8) is 0 Å². The number of imide groups is 1. The van der Waals surface area contributed by atoms with Crippen molar-refractivity contribution in [3.05, 3.63) is 60.3 Å². The van der Waals surface area contributed by atoms with E-state index < -0.39 is 48.2 Å². The fraction of sp³-hybridized carbons (Fsp3) is 0.524. The molecule has 1 aromatic heterocycles. The van der Waals surface area contributed by atoms with E-state index in [2.05, 4.69) is 31.2 Å². The first-order valence-electron chi connectivity index (χ1n) is 20.8.